The summed E-state index contributed by atoms with van der Waals surface area (Å²) >= 11 is 0. The number of nitrogens with one attached hydrogen (secondary N) is 1. The lowest BCUT2D eigenvalue weighted by Gasteiger charge is -2.25. The highest BCUT2D eigenvalue weighted by molar-refractivity contribution is 5.99. The molecule has 0 bridgehead atoms. The number of amides is 1. The highest BCUT2D eigenvalue weighted by Gasteiger charge is 2.19. The van der Waals surface area contributed by atoms with Crippen molar-refractivity contribution in [3.8, 4) is 11.1 Å². The van der Waals surface area contributed by atoms with Crippen molar-refractivity contribution in [3.05, 3.63) is 30.2 Å². The third-order valence-corrected chi connectivity index (χ3v) is 4.52. The first-order valence-corrected chi connectivity index (χ1v) is 8.66. The lowest BCUT2D eigenvalue weighted by Crippen LogP contribution is -2.37. The van der Waals surface area contributed by atoms with Gasteiger partial charge in [0.15, 0.2) is 0 Å². The van der Waals surface area contributed by atoms with Crippen LogP contribution in [-0.2, 0) is 11.8 Å². The van der Waals surface area contributed by atoms with Crippen molar-refractivity contribution >= 4 is 11.7 Å². The number of aromatic nitrogens is 3. The van der Waals surface area contributed by atoms with Crippen molar-refractivity contribution in [1.82, 2.24) is 20.1 Å². The van der Waals surface area contributed by atoms with Gasteiger partial charge < -0.3 is 15.8 Å². The molecule has 7 heteroatoms. The normalized spacial score (nSPS) is 15.6. The SMILES string of the molecule is CC(COCC1CCC1)NC(=O)c1cc(-c2cnn(C)c2)cnc1N. The Labute approximate surface area is 147 Å². The minimum Gasteiger partial charge on any atom is -0.383 e. The Morgan fingerprint density at radius 3 is 2.88 bits per heavy atom. The van der Waals surface area contributed by atoms with Crippen LogP contribution in [0.4, 0.5) is 5.82 Å². The molecule has 0 saturated heterocycles. The molecule has 134 valence electrons. The van der Waals surface area contributed by atoms with Gasteiger partial charge in [0.1, 0.15) is 5.82 Å². The van der Waals surface area contributed by atoms with Crippen LogP contribution in [0.3, 0.4) is 0 Å². The van der Waals surface area contributed by atoms with E-state index in [0.717, 1.165) is 17.7 Å². The van der Waals surface area contributed by atoms with Crippen LogP contribution in [-0.4, -0.2) is 39.9 Å². The number of aryl methyl sites for hydroxylation is 1. The summed E-state index contributed by atoms with van der Waals surface area (Å²) in [5, 5.41) is 7.06. The van der Waals surface area contributed by atoms with Gasteiger partial charge >= 0.3 is 0 Å². The maximum absolute atomic E-state index is 12.5. The van der Waals surface area contributed by atoms with Crippen LogP contribution in [0.25, 0.3) is 11.1 Å². The van der Waals surface area contributed by atoms with Crippen LogP contribution in [0, 0.1) is 5.92 Å². The van der Waals surface area contributed by atoms with E-state index < -0.39 is 0 Å². The Morgan fingerprint density at radius 1 is 1.44 bits per heavy atom. The molecule has 1 fully saturated rings. The van der Waals surface area contributed by atoms with Gasteiger partial charge in [-0.05, 0) is 31.7 Å². The second-order valence-electron chi connectivity index (χ2n) is 6.77. The highest BCUT2D eigenvalue weighted by Crippen LogP contribution is 2.26. The van der Waals surface area contributed by atoms with Gasteiger partial charge in [0.25, 0.3) is 5.91 Å². The van der Waals surface area contributed by atoms with Gasteiger partial charge in [0.2, 0.25) is 0 Å². The molecule has 0 spiro atoms. The molecule has 2 aromatic heterocycles. The Bertz CT molecular complexity index is 739. The zero-order chi connectivity index (χ0) is 17.8. The molecular formula is C18H25N5O2. The van der Waals surface area contributed by atoms with E-state index in [1.807, 2.05) is 20.2 Å². The van der Waals surface area contributed by atoms with E-state index in [2.05, 4.69) is 15.4 Å². The predicted molar refractivity (Wildman–Crippen MR) is 95.9 cm³/mol. The molecule has 1 aliphatic rings. The molecule has 1 aliphatic carbocycles. The highest BCUT2D eigenvalue weighted by atomic mass is 16.5. The third kappa shape index (κ3) is 4.36. The maximum Gasteiger partial charge on any atom is 0.255 e. The van der Waals surface area contributed by atoms with Crippen molar-refractivity contribution < 1.29 is 9.53 Å². The molecule has 2 aromatic rings. The summed E-state index contributed by atoms with van der Waals surface area (Å²) in [7, 11) is 1.84. The van der Waals surface area contributed by atoms with Gasteiger partial charge in [0, 0.05) is 43.2 Å². The number of anilines is 1. The largest absolute Gasteiger partial charge is 0.383 e. The summed E-state index contributed by atoms with van der Waals surface area (Å²) in [6, 6.07) is 1.66. The predicted octanol–water partition coefficient (Wildman–Crippen LogP) is 2.00. The number of nitrogen functional groups attached to an aromatic ring is 1. The van der Waals surface area contributed by atoms with Crippen LogP contribution >= 0.6 is 0 Å². The van der Waals surface area contributed by atoms with Crippen LogP contribution in [0.2, 0.25) is 0 Å². The van der Waals surface area contributed by atoms with Gasteiger partial charge in [-0.1, -0.05) is 6.42 Å². The van der Waals surface area contributed by atoms with Crippen molar-refractivity contribution in [2.45, 2.75) is 32.2 Å². The van der Waals surface area contributed by atoms with Crippen molar-refractivity contribution in [3.63, 3.8) is 0 Å². The molecule has 0 aliphatic heterocycles. The van der Waals surface area contributed by atoms with E-state index >= 15 is 0 Å². The topological polar surface area (TPSA) is 95.1 Å². The van der Waals surface area contributed by atoms with Gasteiger partial charge in [-0.2, -0.15) is 5.10 Å². The number of nitrogens with zero attached hydrogens (tertiary/aromatic N) is 3. The van der Waals surface area contributed by atoms with Crippen molar-refractivity contribution in [2.75, 3.05) is 18.9 Å². The Morgan fingerprint density at radius 2 is 2.24 bits per heavy atom. The summed E-state index contributed by atoms with van der Waals surface area (Å²) in [6.45, 7) is 3.20. The van der Waals surface area contributed by atoms with E-state index in [-0.39, 0.29) is 17.8 Å². The van der Waals surface area contributed by atoms with Crippen LogP contribution in [0.15, 0.2) is 24.7 Å². The third-order valence-electron chi connectivity index (χ3n) is 4.52. The van der Waals surface area contributed by atoms with Gasteiger partial charge in [-0.25, -0.2) is 4.98 Å². The van der Waals surface area contributed by atoms with Crippen LogP contribution < -0.4 is 11.1 Å². The molecule has 1 unspecified atom stereocenters. The number of nitrogens with two attached hydrogens (primary N) is 1. The van der Waals surface area contributed by atoms with Gasteiger partial charge in [-0.3, -0.25) is 9.48 Å². The van der Waals surface area contributed by atoms with Crippen LogP contribution in [0.1, 0.15) is 36.5 Å². The van der Waals surface area contributed by atoms with E-state index in [9.17, 15) is 4.79 Å². The molecule has 7 nitrogen and oxygen atoms in total. The summed E-state index contributed by atoms with van der Waals surface area (Å²) in [5.41, 5.74) is 7.96. The molecule has 1 atom stereocenters. The van der Waals surface area contributed by atoms with Crippen molar-refractivity contribution in [1.29, 1.82) is 0 Å². The first kappa shape index (κ1) is 17.4. The second kappa shape index (κ2) is 7.65. The fourth-order valence-corrected chi connectivity index (χ4v) is 2.80. The van der Waals surface area contributed by atoms with E-state index in [4.69, 9.17) is 10.5 Å². The molecule has 2 heterocycles. The van der Waals surface area contributed by atoms with Crippen molar-refractivity contribution in [2.24, 2.45) is 13.0 Å². The average Bonchev–Trinajstić information content (AvgIpc) is 2.96. The Kier molecular flexibility index (Phi) is 5.33. The van der Waals surface area contributed by atoms with E-state index in [1.54, 1.807) is 23.1 Å². The summed E-state index contributed by atoms with van der Waals surface area (Å²) in [5.74, 6) is 0.669. The summed E-state index contributed by atoms with van der Waals surface area (Å²) in [6.07, 6.45) is 9.06. The fourth-order valence-electron chi connectivity index (χ4n) is 2.80. The van der Waals surface area contributed by atoms with Crippen LogP contribution in [0.5, 0.6) is 0 Å². The zero-order valence-electron chi connectivity index (χ0n) is 14.7. The van der Waals surface area contributed by atoms with Gasteiger partial charge in [0.05, 0.1) is 18.4 Å². The molecule has 0 aromatic carbocycles. The molecule has 1 saturated carbocycles. The Hall–Kier alpha value is -2.41. The van der Waals surface area contributed by atoms with Gasteiger partial charge in [-0.15, -0.1) is 0 Å². The van der Waals surface area contributed by atoms with E-state index in [0.29, 0.717) is 18.1 Å². The maximum atomic E-state index is 12.5. The standard InChI is InChI=1S/C18H25N5O2/c1-12(10-25-11-13-4-3-5-13)22-18(24)16-6-14(7-20-17(16)19)15-8-21-23(2)9-15/h6-9,12-13H,3-5,10-11H2,1-2H3,(H2,19,20)(H,22,24). The fraction of sp³-hybridized carbons (Fsp3) is 0.500. The number of pyridine rings is 1. The number of hydrogen-bond donors (Lipinski definition) is 2. The molecular weight excluding hydrogens is 318 g/mol. The summed E-state index contributed by atoms with van der Waals surface area (Å²) < 4.78 is 7.39. The quantitative estimate of drug-likeness (QED) is 0.802. The van der Waals surface area contributed by atoms with E-state index in [1.165, 1.54) is 19.3 Å². The number of carbonyl (C=O) groups is 1. The first-order valence-electron chi connectivity index (χ1n) is 8.66. The lowest BCUT2D eigenvalue weighted by molar-refractivity contribution is 0.0562. The smallest absolute Gasteiger partial charge is 0.255 e. The Balaban J connectivity index is 1.60. The molecule has 0 radical (unpaired) electrons. The monoisotopic (exact) mass is 343 g/mol. The minimum atomic E-state index is -0.240. The zero-order valence-corrected chi connectivity index (χ0v) is 14.7. The summed E-state index contributed by atoms with van der Waals surface area (Å²) in [4.78, 5) is 16.7. The first-order chi connectivity index (χ1) is 12.0. The number of hydrogen-bond acceptors (Lipinski definition) is 5. The number of carbonyl (C=O) groups excluding carboxylic acids is 1. The second-order valence-corrected chi connectivity index (χ2v) is 6.77. The average molecular weight is 343 g/mol. The molecule has 3 rings (SSSR count). The molecule has 3 N–H and O–H groups in total. The minimum absolute atomic E-state index is 0.0889. The lowest BCUT2D eigenvalue weighted by atomic mass is 9.86. The number of ether oxygens (including phenoxy) is 1. The number of rotatable bonds is 7. The molecule has 1 amide bonds. The molecule has 25 heavy (non-hydrogen) atoms.